The zero-order valence-electron chi connectivity index (χ0n) is 13.9. The lowest BCUT2D eigenvalue weighted by Crippen LogP contribution is -2.33. The fourth-order valence-electron chi connectivity index (χ4n) is 2.03. The molecule has 0 aliphatic carbocycles. The zero-order valence-corrected chi connectivity index (χ0v) is 15.5. The van der Waals surface area contributed by atoms with Crippen LogP contribution in [0.1, 0.15) is 15.9 Å². The smallest absolute Gasteiger partial charge is 0.321 e. The van der Waals surface area contributed by atoms with Crippen molar-refractivity contribution in [3.05, 3.63) is 64.7 Å². The molecule has 0 fully saturated rings. The molecule has 2 rings (SSSR count). The molecule has 26 heavy (non-hydrogen) atoms. The summed E-state index contributed by atoms with van der Waals surface area (Å²) in [7, 11) is -2.54. The molecule has 0 saturated heterocycles. The summed E-state index contributed by atoms with van der Waals surface area (Å²) in [6.45, 7) is -0.489. The van der Waals surface area contributed by atoms with Crippen LogP contribution in [0.15, 0.2) is 53.4 Å². The zero-order chi connectivity index (χ0) is 19.3. The molecule has 2 aromatic carbocycles. The highest BCUT2D eigenvalue weighted by Crippen LogP contribution is 2.17. The normalized spacial score (nSPS) is 11.3. The van der Waals surface area contributed by atoms with Gasteiger partial charge in [-0.25, -0.2) is 8.42 Å². The van der Waals surface area contributed by atoms with Crippen molar-refractivity contribution in [2.75, 3.05) is 13.6 Å². The molecule has 0 bridgehead atoms. The molecule has 9 heteroatoms. The molecule has 0 spiro atoms. The second kappa shape index (κ2) is 8.31. The molecular weight excluding hydrogens is 380 g/mol. The summed E-state index contributed by atoms with van der Waals surface area (Å²) in [6, 6.07) is 11.9. The van der Waals surface area contributed by atoms with E-state index in [0.717, 1.165) is 4.31 Å². The molecule has 0 saturated carbocycles. The molecule has 0 aromatic heterocycles. The number of hydrogen-bond donors (Lipinski definition) is 1. The first-order valence-corrected chi connectivity index (χ1v) is 9.28. The Balaban J connectivity index is 1.94. The average Bonchev–Trinajstić information content (AvgIpc) is 2.60. The second-order valence-corrected chi connectivity index (χ2v) is 7.92. The number of benzene rings is 2. The van der Waals surface area contributed by atoms with Gasteiger partial charge in [-0.2, -0.15) is 4.31 Å². The van der Waals surface area contributed by atoms with Crippen LogP contribution in [0.3, 0.4) is 0 Å². The van der Waals surface area contributed by atoms with Gasteiger partial charge in [0.05, 0.1) is 4.90 Å². The van der Waals surface area contributed by atoms with Crippen molar-refractivity contribution in [2.24, 2.45) is 5.73 Å². The van der Waals surface area contributed by atoms with E-state index >= 15 is 0 Å². The summed E-state index contributed by atoms with van der Waals surface area (Å²) < 4.78 is 30.7. The first-order valence-electron chi connectivity index (χ1n) is 7.46. The number of hydrogen-bond acceptors (Lipinski definition) is 5. The minimum absolute atomic E-state index is 0.0271. The highest BCUT2D eigenvalue weighted by molar-refractivity contribution is 7.89. The third-order valence-corrected chi connectivity index (χ3v) is 5.58. The number of carbonyl (C=O) groups is 2. The number of nitrogens with zero attached hydrogens (tertiary/aromatic N) is 1. The second-order valence-electron chi connectivity index (χ2n) is 5.44. The Kier molecular flexibility index (Phi) is 6.36. The number of sulfonamides is 1. The number of nitrogens with two attached hydrogens (primary N) is 1. The maximum Gasteiger partial charge on any atom is 0.321 e. The molecule has 2 aromatic rings. The quantitative estimate of drug-likeness (QED) is 0.718. The van der Waals surface area contributed by atoms with Crippen molar-refractivity contribution in [1.29, 1.82) is 0 Å². The van der Waals surface area contributed by atoms with E-state index in [-0.39, 0.29) is 11.5 Å². The van der Waals surface area contributed by atoms with E-state index < -0.39 is 28.4 Å². The van der Waals surface area contributed by atoms with Gasteiger partial charge in [0.15, 0.2) is 0 Å². The third kappa shape index (κ3) is 5.04. The number of esters is 1. The predicted octanol–water partition coefficient (Wildman–Crippen LogP) is 1.80. The Morgan fingerprint density at radius 2 is 1.65 bits per heavy atom. The number of halogens is 1. The van der Waals surface area contributed by atoms with Crippen molar-refractivity contribution in [3.63, 3.8) is 0 Å². The topological polar surface area (TPSA) is 107 Å². The largest absolute Gasteiger partial charge is 0.460 e. The van der Waals surface area contributed by atoms with E-state index in [4.69, 9.17) is 22.1 Å². The van der Waals surface area contributed by atoms with Crippen LogP contribution in [-0.2, 0) is 26.2 Å². The Hall–Kier alpha value is -2.42. The van der Waals surface area contributed by atoms with Crippen molar-refractivity contribution in [2.45, 2.75) is 11.5 Å². The summed E-state index contributed by atoms with van der Waals surface area (Å²) in [5.74, 6) is -1.26. The Morgan fingerprint density at radius 1 is 1.08 bits per heavy atom. The summed E-state index contributed by atoms with van der Waals surface area (Å²) in [4.78, 5) is 22.9. The minimum Gasteiger partial charge on any atom is -0.460 e. The van der Waals surface area contributed by atoms with Gasteiger partial charge in [0.1, 0.15) is 13.2 Å². The molecule has 7 nitrogen and oxygen atoms in total. The van der Waals surface area contributed by atoms with E-state index in [1.54, 1.807) is 12.1 Å². The van der Waals surface area contributed by atoms with Gasteiger partial charge in [-0.15, -0.1) is 0 Å². The maximum absolute atomic E-state index is 12.4. The fourth-order valence-corrected chi connectivity index (χ4v) is 3.27. The molecular formula is C17H17ClN2O5S. The Morgan fingerprint density at radius 3 is 2.19 bits per heavy atom. The van der Waals surface area contributed by atoms with Gasteiger partial charge in [0.25, 0.3) is 0 Å². The number of ether oxygens (including phenoxy) is 1. The monoisotopic (exact) mass is 396 g/mol. The average molecular weight is 397 g/mol. The number of primary amides is 1. The van der Waals surface area contributed by atoms with Crippen LogP contribution in [0.4, 0.5) is 0 Å². The standard InChI is InChI=1S/C17H17ClN2O5S/c1-20(26(23,24)15-8-6-14(18)7-9-15)10-16(21)25-11-12-2-4-13(5-3-12)17(19)22/h2-9H,10-11H2,1H3,(H2,19,22). The van der Waals surface area contributed by atoms with Crippen LogP contribution < -0.4 is 5.73 Å². The summed E-state index contributed by atoms with van der Waals surface area (Å²) >= 11 is 5.74. The molecule has 0 unspecified atom stereocenters. The minimum atomic E-state index is -3.83. The highest BCUT2D eigenvalue weighted by atomic mass is 35.5. The Bertz CT molecular complexity index is 896. The Labute approximate surface area is 156 Å². The van der Waals surface area contributed by atoms with E-state index in [0.29, 0.717) is 16.1 Å². The van der Waals surface area contributed by atoms with Crippen molar-refractivity contribution < 1.29 is 22.7 Å². The third-order valence-electron chi connectivity index (χ3n) is 3.51. The molecule has 0 atom stereocenters. The SMILES string of the molecule is CN(CC(=O)OCc1ccc(C(N)=O)cc1)S(=O)(=O)c1ccc(Cl)cc1. The number of likely N-dealkylation sites (N-methyl/N-ethyl adjacent to an activating group) is 1. The summed E-state index contributed by atoms with van der Waals surface area (Å²) in [6.07, 6.45) is 0. The molecule has 1 amide bonds. The lowest BCUT2D eigenvalue weighted by atomic mass is 10.1. The molecule has 0 heterocycles. The number of amides is 1. The van der Waals surface area contributed by atoms with Crippen LogP contribution in [0.5, 0.6) is 0 Å². The van der Waals surface area contributed by atoms with Gasteiger partial charge in [0.2, 0.25) is 15.9 Å². The van der Waals surface area contributed by atoms with Crippen LogP contribution in [0.25, 0.3) is 0 Å². The van der Waals surface area contributed by atoms with Gasteiger partial charge in [-0.05, 0) is 42.0 Å². The molecule has 0 radical (unpaired) electrons. The van der Waals surface area contributed by atoms with Crippen LogP contribution >= 0.6 is 11.6 Å². The number of carbonyl (C=O) groups excluding carboxylic acids is 2. The molecule has 2 N–H and O–H groups in total. The predicted molar refractivity (Wildman–Crippen MR) is 96.0 cm³/mol. The van der Waals surface area contributed by atoms with E-state index in [1.807, 2.05) is 0 Å². The van der Waals surface area contributed by atoms with Gasteiger partial charge >= 0.3 is 5.97 Å². The van der Waals surface area contributed by atoms with Gasteiger partial charge < -0.3 is 10.5 Å². The lowest BCUT2D eigenvalue weighted by molar-refractivity contribution is -0.144. The van der Waals surface area contributed by atoms with Gasteiger partial charge in [0, 0.05) is 17.6 Å². The lowest BCUT2D eigenvalue weighted by Gasteiger charge is -2.16. The molecule has 0 aliphatic heterocycles. The van der Waals surface area contributed by atoms with E-state index in [1.165, 1.54) is 43.4 Å². The summed E-state index contributed by atoms with van der Waals surface area (Å²) in [5.41, 5.74) is 6.13. The van der Waals surface area contributed by atoms with E-state index in [2.05, 4.69) is 0 Å². The maximum atomic E-state index is 12.4. The van der Waals surface area contributed by atoms with Crippen LogP contribution in [0.2, 0.25) is 5.02 Å². The van der Waals surface area contributed by atoms with E-state index in [9.17, 15) is 18.0 Å². The van der Waals surface area contributed by atoms with Crippen LogP contribution in [0, 0.1) is 0 Å². The first kappa shape index (κ1) is 19.9. The number of rotatable bonds is 7. The van der Waals surface area contributed by atoms with Gasteiger partial charge in [-0.1, -0.05) is 23.7 Å². The van der Waals surface area contributed by atoms with Crippen LogP contribution in [-0.4, -0.2) is 38.2 Å². The molecule has 138 valence electrons. The van der Waals surface area contributed by atoms with Gasteiger partial charge in [-0.3, -0.25) is 9.59 Å². The van der Waals surface area contributed by atoms with Crippen molar-refractivity contribution in [1.82, 2.24) is 4.31 Å². The fraction of sp³-hybridized carbons (Fsp3) is 0.176. The first-order chi connectivity index (χ1) is 12.2. The molecule has 0 aliphatic rings. The highest BCUT2D eigenvalue weighted by Gasteiger charge is 2.23. The van der Waals surface area contributed by atoms with Crippen molar-refractivity contribution in [3.8, 4) is 0 Å². The van der Waals surface area contributed by atoms with Crippen molar-refractivity contribution >= 4 is 33.5 Å². The summed E-state index contributed by atoms with van der Waals surface area (Å²) in [5, 5.41) is 0.411.